The highest BCUT2D eigenvalue weighted by Gasteiger charge is 2.10. The van der Waals surface area contributed by atoms with Crippen LogP contribution in [0.5, 0.6) is 0 Å². The van der Waals surface area contributed by atoms with Crippen LogP contribution in [0, 0.1) is 10.1 Å². The molecule has 1 heterocycles. The van der Waals surface area contributed by atoms with Crippen molar-refractivity contribution in [3.05, 3.63) is 34.7 Å². The van der Waals surface area contributed by atoms with E-state index in [1.54, 1.807) is 0 Å². The Balaban J connectivity index is 3.20. The molecule has 0 radical (unpaired) electrons. The number of aromatic nitrogens is 1. The van der Waals surface area contributed by atoms with Crippen molar-refractivity contribution in [2.24, 2.45) is 0 Å². The second kappa shape index (κ2) is 3.00. The second-order valence-electron chi connectivity index (χ2n) is 2.13. The van der Waals surface area contributed by atoms with Crippen LogP contribution in [0.4, 0.5) is 11.4 Å². The lowest BCUT2D eigenvalue weighted by atomic mass is 10.3. The number of nitrogens with two attached hydrogens (primary N) is 1. The van der Waals surface area contributed by atoms with Crippen LogP contribution < -0.4 is 5.73 Å². The van der Waals surface area contributed by atoms with Gasteiger partial charge in [0.1, 0.15) is 11.9 Å². The minimum atomic E-state index is -0.574. The normalized spacial score (nSPS) is 9.33. The van der Waals surface area contributed by atoms with Crippen molar-refractivity contribution in [3.8, 4) is 0 Å². The van der Waals surface area contributed by atoms with Crippen LogP contribution in [0.1, 0.15) is 5.69 Å². The Labute approximate surface area is 68.7 Å². The minimum Gasteiger partial charge on any atom is -0.393 e. The maximum absolute atomic E-state index is 10.3. The first-order valence-corrected chi connectivity index (χ1v) is 3.17. The van der Waals surface area contributed by atoms with Crippen molar-refractivity contribution in [2.75, 3.05) is 5.73 Å². The van der Waals surface area contributed by atoms with E-state index in [2.05, 4.69) is 11.6 Å². The standard InChI is InChI=1S/C7H7N3O2/c1-2-5-3-6(8)7(4-9-5)10(11)12/h2-4H,1H2,(H2,8,9). The zero-order valence-electron chi connectivity index (χ0n) is 6.23. The van der Waals surface area contributed by atoms with Crippen LogP contribution >= 0.6 is 0 Å². The van der Waals surface area contributed by atoms with Crippen molar-refractivity contribution in [2.45, 2.75) is 0 Å². The Kier molecular flexibility index (Phi) is 2.05. The van der Waals surface area contributed by atoms with Gasteiger partial charge in [-0.2, -0.15) is 0 Å². The van der Waals surface area contributed by atoms with Crippen LogP contribution in [0.2, 0.25) is 0 Å². The van der Waals surface area contributed by atoms with E-state index in [0.29, 0.717) is 5.69 Å². The quantitative estimate of drug-likeness (QED) is 0.527. The summed E-state index contributed by atoms with van der Waals surface area (Å²) in [5, 5.41) is 10.3. The van der Waals surface area contributed by atoms with Gasteiger partial charge in [0.15, 0.2) is 0 Å². The van der Waals surface area contributed by atoms with E-state index in [-0.39, 0.29) is 11.4 Å². The zero-order valence-corrected chi connectivity index (χ0v) is 6.23. The summed E-state index contributed by atoms with van der Waals surface area (Å²) in [4.78, 5) is 13.4. The minimum absolute atomic E-state index is 0.102. The third-order valence-electron chi connectivity index (χ3n) is 1.34. The van der Waals surface area contributed by atoms with Gasteiger partial charge >= 0.3 is 5.69 Å². The Morgan fingerprint density at radius 2 is 2.42 bits per heavy atom. The fourth-order valence-electron chi connectivity index (χ4n) is 0.745. The summed E-state index contributed by atoms with van der Waals surface area (Å²) in [6.45, 7) is 3.46. The van der Waals surface area contributed by atoms with Crippen molar-refractivity contribution >= 4 is 17.5 Å². The van der Waals surface area contributed by atoms with Crippen molar-refractivity contribution in [1.29, 1.82) is 0 Å². The SMILES string of the molecule is C=Cc1cc(N)c([N+](=O)[O-])cn1. The number of pyridine rings is 1. The topological polar surface area (TPSA) is 82.0 Å². The predicted octanol–water partition coefficient (Wildman–Crippen LogP) is 1.21. The molecule has 0 aromatic carbocycles. The molecule has 0 amide bonds. The number of rotatable bonds is 2. The molecule has 0 fully saturated rings. The second-order valence-corrected chi connectivity index (χ2v) is 2.13. The van der Waals surface area contributed by atoms with E-state index >= 15 is 0 Å². The largest absolute Gasteiger partial charge is 0.393 e. The Morgan fingerprint density at radius 1 is 1.75 bits per heavy atom. The average Bonchev–Trinajstić information content (AvgIpc) is 2.03. The molecule has 0 saturated carbocycles. The fraction of sp³-hybridized carbons (Fsp3) is 0. The first kappa shape index (κ1) is 8.19. The highest BCUT2D eigenvalue weighted by atomic mass is 16.6. The number of hydrogen-bond acceptors (Lipinski definition) is 4. The van der Waals surface area contributed by atoms with E-state index < -0.39 is 4.92 Å². The molecule has 0 aliphatic heterocycles. The number of hydrogen-bond donors (Lipinski definition) is 1. The molecule has 5 nitrogen and oxygen atoms in total. The Bertz CT molecular complexity index is 335. The smallest absolute Gasteiger partial charge is 0.310 e. The van der Waals surface area contributed by atoms with E-state index in [1.165, 1.54) is 12.1 Å². The Morgan fingerprint density at radius 3 is 2.83 bits per heavy atom. The van der Waals surface area contributed by atoms with Crippen LogP contribution in [-0.4, -0.2) is 9.91 Å². The van der Waals surface area contributed by atoms with Gasteiger partial charge < -0.3 is 5.73 Å². The van der Waals surface area contributed by atoms with Crippen LogP contribution in [0.15, 0.2) is 18.8 Å². The molecule has 1 aromatic heterocycles. The van der Waals surface area contributed by atoms with Crippen LogP contribution in [0.25, 0.3) is 6.08 Å². The summed E-state index contributed by atoms with van der Waals surface area (Å²) in [5.74, 6) is 0. The molecule has 0 aliphatic rings. The van der Waals surface area contributed by atoms with E-state index in [0.717, 1.165) is 6.20 Å². The third-order valence-corrected chi connectivity index (χ3v) is 1.34. The molecule has 1 rings (SSSR count). The molecule has 0 bridgehead atoms. The summed E-state index contributed by atoms with van der Waals surface area (Å²) in [6.07, 6.45) is 2.59. The summed E-state index contributed by atoms with van der Waals surface area (Å²) < 4.78 is 0. The summed E-state index contributed by atoms with van der Waals surface area (Å²) in [6, 6.07) is 1.41. The van der Waals surface area contributed by atoms with Gasteiger partial charge in [-0.1, -0.05) is 6.58 Å². The molecular formula is C7H7N3O2. The molecule has 2 N–H and O–H groups in total. The maximum Gasteiger partial charge on any atom is 0.310 e. The number of anilines is 1. The van der Waals surface area contributed by atoms with E-state index in [1.807, 2.05) is 0 Å². The molecule has 0 unspecified atom stereocenters. The first-order chi connectivity index (χ1) is 5.65. The van der Waals surface area contributed by atoms with Gasteiger partial charge in [-0.05, 0) is 12.1 Å². The molecular weight excluding hydrogens is 158 g/mol. The van der Waals surface area contributed by atoms with Gasteiger partial charge in [0.05, 0.1) is 10.6 Å². The molecule has 62 valence electrons. The number of nitro groups is 1. The van der Waals surface area contributed by atoms with E-state index in [4.69, 9.17) is 5.73 Å². The van der Waals surface area contributed by atoms with Gasteiger partial charge in [-0.15, -0.1) is 0 Å². The molecule has 12 heavy (non-hydrogen) atoms. The molecule has 0 saturated heterocycles. The number of nitrogen functional groups attached to an aromatic ring is 1. The Hall–Kier alpha value is -1.91. The monoisotopic (exact) mass is 165 g/mol. The highest BCUT2D eigenvalue weighted by molar-refractivity contribution is 5.61. The lowest BCUT2D eigenvalue weighted by molar-refractivity contribution is -0.384. The van der Waals surface area contributed by atoms with E-state index in [9.17, 15) is 10.1 Å². The van der Waals surface area contributed by atoms with Crippen molar-refractivity contribution in [1.82, 2.24) is 4.98 Å². The molecule has 5 heteroatoms. The van der Waals surface area contributed by atoms with Gasteiger partial charge in [0, 0.05) is 0 Å². The van der Waals surface area contributed by atoms with Crippen molar-refractivity contribution < 1.29 is 4.92 Å². The van der Waals surface area contributed by atoms with Gasteiger partial charge in [-0.25, -0.2) is 4.98 Å². The molecule has 0 atom stereocenters. The summed E-state index contributed by atoms with van der Waals surface area (Å²) in [7, 11) is 0. The fourth-order valence-corrected chi connectivity index (χ4v) is 0.745. The lowest BCUT2D eigenvalue weighted by Gasteiger charge is -1.96. The van der Waals surface area contributed by atoms with Crippen LogP contribution in [0.3, 0.4) is 0 Å². The van der Waals surface area contributed by atoms with Gasteiger partial charge in [0.2, 0.25) is 0 Å². The third kappa shape index (κ3) is 1.39. The highest BCUT2D eigenvalue weighted by Crippen LogP contribution is 2.19. The zero-order chi connectivity index (χ0) is 9.14. The molecule has 0 spiro atoms. The molecule has 0 aliphatic carbocycles. The lowest BCUT2D eigenvalue weighted by Crippen LogP contribution is -1.97. The summed E-state index contributed by atoms with van der Waals surface area (Å²) in [5.41, 5.74) is 5.82. The van der Waals surface area contributed by atoms with Crippen molar-refractivity contribution in [3.63, 3.8) is 0 Å². The maximum atomic E-state index is 10.3. The molecule has 1 aromatic rings. The van der Waals surface area contributed by atoms with Crippen LogP contribution in [-0.2, 0) is 0 Å². The first-order valence-electron chi connectivity index (χ1n) is 3.17. The average molecular weight is 165 g/mol. The van der Waals surface area contributed by atoms with Gasteiger partial charge in [-0.3, -0.25) is 10.1 Å². The summed E-state index contributed by atoms with van der Waals surface area (Å²) >= 11 is 0. The van der Waals surface area contributed by atoms with Gasteiger partial charge in [0.25, 0.3) is 0 Å². The predicted molar refractivity (Wildman–Crippen MR) is 45.4 cm³/mol. The number of nitrogens with zero attached hydrogens (tertiary/aromatic N) is 2.